The number of rotatable bonds is 4. The van der Waals surface area contributed by atoms with Crippen LogP contribution in [0.15, 0.2) is 24.3 Å². The van der Waals surface area contributed by atoms with E-state index in [0.29, 0.717) is 11.4 Å². The molecule has 0 radical (unpaired) electrons. The van der Waals surface area contributed by atoms with Crippen molar-refractivity contribution in [3.05, 3.63) is 34.9 Å². The van der Waals surface area contributed by atoms with Crippen LogP contribution in [0.25, 0.3) is 0 Å². The highest BCUT2D eigenvalue weighted by atomic mass is 35.5. The summed E-state index contributed by atoms with van der Waals surface area (Å²) in [5, 5.41) is 12.6. The van der Waals surface area contributed by atoms with Gasteiger partial charge in [0.15, 0.2) is 0 Å². The van der Waals surface area contributed by atoms with Crippen LogP contribution in [0.2, 0.25) is 5.02 Å². The molecule has 1 amide bonds. The van der Waals surface area contributed by atoms with Crippen LogP contribution in [0.4, 0.5) is 4.79 Å². The van der Waals surface area contributed by atoms with E-state index in [1.807, 2.05) is 12.1 Å². The molecule has 106 valence electrons. The summed E-state index contributed by atoms with van der Waals surface area (Å²) in [5.74, 6) is 0. The van der Waals surface area contributed by atoms with Gasteiger partial charge in [-0.3, -0.25) is 0 Å². The number of amides is 1. The zero-order chi connectivity index (χ0) is 14.5. The van der Waals surface area contributed by atoms with E-state index in [0.717, 1.165) is 5.56 Å². The molecule has 1 aromatic carbocycles. The molecule has 2 N–H and O–H groups in total. The second kappa shape index (κ2) is 6.78. The van der Waals surface area contributed by atoms with Crippen LogP contribution in [-0.4, -0.2) is 29.4 Å². The van der Waals surface area contributed by atoms with E-state index in [-0.39, 0.29) is 6.61 Å². The van der Waals surface area contributed by atoms with Crippen LogP contribution >= 0.6 is 11.6 Å². The number of ether oxygens (including phenoxy) is 1. The summed E-state index contributed by atoms with van der Waals surface area (Å²) in [7, 11) is 0. The molecule has 5 heteroatoms. The van der Waals surface area contributed by atoms with E-state index in [1.54, 1.807) is 32.9 Å². The topological polar surface area (TPSA) is 58.6 Å². The normalized spacial score (nSPS) is 12.9. The summed E-state index contributed by atoms with van der Waals surface area (Å²) in [6, 6.07) is 6.92. The van der Waals surface area contributed by atoms with Crippen LogP contribution in [0.5, 0.6) is 0 Å². The minimum absolute atomic E-state index is 0.161. The molecule has 0 spiro atoms. The third kappa shape index (κ3) is 6.45. The number of carbonyl (C=O) groups excluding carboxylic acids is 1. The monoisotopic (exact) mass is 285 g/mol. The molecular formula is C14H20ClNO3. The molecule has 0 heterocycles. The Hall–Kier alpha value is -1.26. The van der Waals surface area contributed by atoms with Crippen molar-refractivity contribution >= 4 is 17.7 Å². The maximum absolute atomic E-state index is 11.6. The maximum Gasteiger partial charge on any atom is 0.407 e. The lowest BCUT2D eigenvalue weighted by atomic mass is 10.1. The lowest BCUT2D eigenvalue weighted by Crippen LogP contribution is -2.42. The molecule has 0 bridgehead atoms. The Morgan fingerprint density at radius 3 is 2.68 bits per heavy atom. The molecule has 1 atom stereocenters. The minimum atomic E-state index is -0.555. The highest BCUT2D eigenvalue weighted by Crippen LogP contribution is 2.13. The zero-order valence-corrected chi connectivity index (χ0v) is 12.2. The largest absolute Gasteiger partial charge is 0.444 e. The zero-order valence-electron chi connectivity index (χ0n) is 11.4. The van der Waals surface area contributed by atoms with E-state index in [1.165, 1.54) is 0 Å². The molecule has 1 unspecified atom stereocenters. The first-order valence-electron chi connectivity index (χ1n) is 6.15. The average molecular weight is 286 g/mol. The van der Waals surface area contributed by atoms with Crippen molar-refractivity contribution < 1.29 is 14.6 Å². The number of halogens is 1. The van der Waals surface area contributed by atoms with Gasteiger partial charge in [0.1, 0.15) is 5.60 Å². The van der Waals surface area contributed by atoms with Gasteiger partial charge in [-0.2, -0.15) is 0 Å². The van der Waals surface area contributed by atoms with Gasteiger partial charge in [0.05, 0.1) is 12.6 Å². The molecule has 0 saturated carbocycles. The van der Waals surface area contributed by atoms with E-state index in [9.17, 15) is 9.90 Å². The molecular weight excluding hydrogens is 266 g/mol. The van der Waals surface area contributed by atoms with Crippen molar-refractivity contribution in [2.75, 3.05) is 6.61 Å². The Morgan fingerprint density at radius 1 is 1.47 bits per heavy atom. The Labute approximate surface area is 118 Å². The number of aliphatic hydroxyl groups is 1. The summed E-state index contributed by atoms with van der Waals surface area (Å²) in [4.78, 5) is 11.6. The predicted octanol–water partition coefficient (Wildman–Crippen LogP) is 2.77. The van der Waals surface area contributed by atoms with Gasteiger partial charge in [0.25, 0.3) is 0 Å². The fourth-order valence-electron chi connectivity index (χ4n) is 1.58. The van der Waals surface area contributed by atoms with Gasteiger partial charge in [0.2, 0.25) is 0 Å². The number of carbonyl (C=O) groups is 1. The van der Waals surface area contributed by atoms with Gasteiger partial charge in [-0.1, -0.05) is 23.7 Å². The van der Waals surface area contributed by atoms with Crippen molar-refractivity contribution in [3.8, 4) is 0 Å². The first kappa shape index (κ1) is 15.8. The smallest absolute Gasteiger partial charge is 0.407 e. The lowest BCUT2D eigenvalue weighted by Gasteiger charge is -2.22. The third-order valence-electron chi connectivity index (χ3n) is 2.31. The van der Waals surface area contributed by atoms with Gasteiger partial charge in [-0.15, -0.1) is 0 Å². The summed E-state index contributed by atoms with van der Waals surface area (Å²) in [5.41, 5.74) is 0.391. The van der Waals surface area contributed by atoms with Crippen molar-refractivity contribution in [2.45, 2.75) is 38.8 Å². The van der Waals surface area contributed by atoms with E-state index in [2.05, 4.69) is 5.32 Å². The summed E-state index contributed by atoms with van der Waals surface area (Å²) < 4.78 is 5.14. The second-order valence-corrected chi connectivity index (χ2v) is 5.80. The van der Waals surface area contributed by atoms with Crippen molar-refractivity contribution in [1.29, 1.82) is 0 Å². The number of hydrogen-bond donors (Lipinski definition) is 2. The molecule has 1 aromatic rings. The Balaban J connectivity index is 2.57. The molecule has 0 aromatic heterocycles. The average Bonchev–Trinajstić information content (AvgIpc) is 2.25. The maximum atomic E-state index is 11.6. The number of alkyl carbamates (subject to hydrolysis) is 1. The molecule has 0 fully saturated rings. The Morgan fingerprint density at radius 2 is 2.16 bits per heavy atom. The molecule has 0 saturated heterocycles. The molecule has 0 aliphatic carbocycles. The highest BCUT2D eigenvalue weighted by molar-refractivity contribution is 6.30. The molecule has 0 aliphatic rings. The third-order valence-corrected chi connectivity index (χ3v) is 2.55. The Kier molecular flexibility index (Phi) is 5.63. The minimum Gasteiger partial charge on any atom is -0.444 e. The van der Waals surface area contributed by atoms with Crippen LogP contribution in [0.1, 0.15) is 26.3 Å². The molecule has 4 nitrogen and oxygen atoms in total. The number of aliphatic hydroxyl groups excluding tert-OH is 1. The van der Waals surface area contributed by atoms with Crippen LogP contribution in [0.3, 0.4) is 0 Å². The SMILES string of the molecule is CC(C)(C)OC(=O)NC(CO)Cc1cccc(Cl)c1. The molecule has 19 heavy (non-hydrogen) atoms. The standard InChI is InChI=1S/C14H20ClNO3/c1-14(2,3)19-13(18)16-12(9-17)8-10-5-4-6-11(15)7-10/h4-7,12,17H,8-9H2,1-3H3,(H,16,18). The summed E-state index contributed by atoms with van der Waals surface area (Å²) in [6.45, 7) is 5.21. The van der Waals surface area contributed by atoms with Crippen LogP contribution in [-0.2, 0) is 11.2 Å². The van der Waals surface area contributed by atoms with Gasteiger partial charge < -0.3 is 15.2 Å². The first-order chi connectivity index (χ1) is 8.80. The van der Waals surface area contributed by atoms with E-state index < -0.39 is 17.7 Å². The first-order valence-corrected chi connectivity index (χ1v) is 6.53. The summed E-state index contributed by atoms with van der Waals surface area (Å²) in [6.07, 6.45) is -0.0374. The fraction of sp³-hybridized carbons (Fsp3) is 0.500. The highest BCUT2D eigenvalue weighted by Gasteiger charge is 2.19. The second-order valence-electron chi connectivity index (χ2n) is 5.36. The van der Waals surface area contributed by atoms with Gasteiger partial charge in [-0.25, -0.2) is 4.79 Å². The van der Waals surface area contributed by atoms with Crippen molar-refractivity contribution in [3.63, 3.8) is 0 Å². The van der Waals surface area contributed by atoms with Gasteiger partial charge >= 0.3 is 6.09 Å². The number of nitrogens with one attached hydrogen (secondary N) is 1. The van der Waals surface area contributed by atoms with E-state index in [4.69, 9.17) is 16.3 Å². The molecule has 1 rings (SSSR count). The van der Waals surface area contributed by atoms with Gasteiger partial charge in [0, 0.05) is 5.02 Å². The predicted molar refractivity (Wildman–Crippen MR) is 75.4 cm³/mol. The molecule has 0 aliphatic heterocycles. The Bertz CT molecular complexity index is 429. The quantitative estimate of drug-likeness (QED) is 0.894. The lowest BCUT2D eigenvalue weighted by molar-refractivity contribution is 0.0483. The number of hydrogen-bond acceptors (Lipinski definition) is 3. The fourth-order valence-corrected chi connectivity index (χ4v) is 1.80. The van der Waals surface area contributed by atoms with Crippen LogP contribution in [0, 0.1) is 0 Å². The summed E-state index contributed by atoms with van der Waals surface area (Å²) >= 11 is 5.89. The van der Waals surface area contributed by atoms with Gasteiger partial charge in [-0.05, 0) is 44.9 Å². The van der Waals surface area contributed by atoms with Crippen LogP contribution < -0.4 is 5.32 Å². The van der Waals surface area contributed by atoms with Crippen molar-refractivity contribution in [1.82, 2.24) is 5.32 Å². The van der Waals surface area contributed by atoms with E-state index >= 15 is 0 Å². The number of benzene rings is 1. The van der Waals surface area contributed by atoms with Crippen molar-refractivity contribution in [2.24, 2.45) is 0 Å².